The van der Waals surface area contributed by atoms with Crippen molar-refractivity contribution in [1.29, 1.82) is 0 Å². The third-order valence-corrected chi connectivity index (χ3v) is 12.7. The highest BCUT2D eigenvalue weighted by Crippen LogP contribution is 2.38. The zero-order valence-corrected chi connectivity index (χ0v) is 24.1. The van der Waals surface area contributed by atoms with Crippen molar-refractivity contribution in [2.24, 2.45) is 0 Å². The fourth-order valence-corrected chi connectivity index (χ4v) is 10.6. The van der Waals surface area contributed by atoms with Gasteiger partial charge in [0.25, 0.3) is 24.3 Å². The number of fused-ring (bicyclic) bond motifs is 1. The van der Waals surface area contributed by atoms with E-state index in [-0.39, 0.29) is 17.6 Å². The number of hydrogen-bond acceptors (Lipinski definition) is 5. The number of halogens is 1. The van der Waals surface area contributed by atoms with Crippen LogP contribution < -0.4 is 15.7 Å². The smallest absolute Gasteiger partial charge is 0.265 e. The van der Waals surface area contributed by atoms with Crippen molar-refractivity contribution in [3.05, 3.63) is 94.0 Å². The van der Waals surface area contributed by atoms with Gasteiger partial charge in [0.2, 0.25) is 0 Å². The SMILES string of the molecule is CC(C)(C)[Si](OCC(OS(C)(=O)=O)c1cc(Br)c2c(c1)C(=O)NC2)(c1ccccc1)c1ccccc1. The molecular formula is C27H30BrNO5SSi. The van der Waals surface area contributed by atoms with Crippen molar-refractivity contribution in [3.63, 3.8) is 0 Å². The molecule has 1 heterocycles. The molecule has 0 radical (unpaired) electrons. The van der Waals surface area contributed by atoms with Gasteiger partial charge in [-0.1, -0.05) is 97.4 Å². The van der Waals surface area contributed by atoms with Gasteiger partial charge in [-0.3, -0.25) is 8.98 Å². The summed E-state index contributed by atoms with van der Waals surface area (Å²) in [7, 11) is -6.76. The first-order valence-corrected chi connectivity index (χ1v) is 16.2. The molecule has 0 aliphatic carbocycles. The van der Waals surface area contributed by atoms with E-state index in [9.17, 15) is 13.2 Å². The quantitative estimate of drug-likeness (QED) is 0.314. The average Bonchev–Trinajstić information content (AvgIpc) is 3.19. The minimum atomic E-state index is -3.82. The molecule has 0 saturated carbocycles. The number of hydrogen-bond donors (Lipinski definition) is 1. The Balaban J connectivity index is 1.82. The van der Waals surface area contributed by atoms with E-state index < -0.39 is 24.5 Å². The lowest BCUT2D eigenvalue weighted by atomic mass is 10.0. The van der Waals surface area contributed by atoms with Crippen LogP contribution in [0.4, 0.5) is 0 Å². The van der Waals surface area contributed by atoms with Crippen LogP contribution in [0.5, 0.6) is 0 Å². The summed E-state index contributed by atoms with van der Waals surface area (Å²) in [5, 5.41) is 4.68. The highest BCUT2D eigenvalue weighted by atomic mass is 79.9. The molecule has 1 aliphatic heterocycles. The summed E-state index contributed by atoms with van der Waals surface area (Å²) in [6, 6.07) is 23.7. The number of amides is 1. The van der Waals surface area contributed by atoms with Gasteiger partial charge >= 0.3 is 0 Å². The van der Waals surface area contributed by atoms with Crippen molar-refractivity contribution in [1.82, 2.24) is 5.32 Å². The van der Waals surface area contributed by atoms with Gasteiger partial charge in [-0.2, -0.15) is 8.42 Å². The van der Waals surface area contributed by atoms with E-state index in [1.807, 2.05) is 42.5 Å². The molecule has 36 heavy (non-hydrogen) atoms. The fraction of sp³-hybridized carbons (Fsp3) is 0.296. The van der Waals surface area contributed by atoms with Gasteiger partial charge in [0.05, 0.1) is 12.9 Å². The number of carbonyl (C=O) groups excluding carboxylic acids is 1. The van der Waals surface area contributed by atoms with E-state index in [1.165, 1.54) is 0 Å². The highest BCUT2D eigenvalue weighted by molar-refractivity contribution is 9.10. The molecule has 1 amide bonds. The molecule has 0 bridgehead atoms. The summed E-state index contributed by atoms with van der Waals surface area (Å²) in [6.45, 7) is 6.88. The molecule has 1 atom stereocenters. The Hall–Kier alpha value is -2.30. The van der Waals surface area contributed by atoms with Gasteiger partial charge in [0.1, 0.15) is 6.10 Å². The topological polar surface area (TPSA) is 81.7 Å². The number of carbonyl (C=O) groups is 1. The van der Waals surface area contributed by atoms with Crippen molar-refractivity contribution in [3.8, 4) is 0 Å². The summed E-state index contributed by atoms with van der Waals surface area (Å²) < 4.78 is 37.8. The Morgan fingerprint density at radius 2 is 1.56 bits per heavy atom. The largest absolute Gasteiger partial charge is 0.404 e. The second-order valence-electron chi connectivity index (χ2n) is 9.97. The molecule has 1 unspecified atom stereocenters. The predicted molar refractivity (Wildman–Crippen MR) is 148 cm³/mol. The van der Waals surface area contributed by atoms with Gasteiger partial charge < -0.3 is 9.74 Å². The lowest BCUT2D eigenvalue weighted by molar-refractivity contribution is 0.0965. The highest BCUT2D eigenvalue weighted by Gasteiger charge is 2.50. The first-order valence-electron chi connectivity index (χ1n) is 11.7. The Morgan fingerprint density at radius 3 is 2.06 bits per heavy atom. The predicted octanol–water partition coefficient (Wildman–Crippen LogP) is 4.29. The lowest BCUT2D eigenvalue weighted by Gasteiger charge is -2.43. The summed E-state index contributed by atoms with van der Waals surface area (Å²) in [5.41, 5.74) is 1.91. The number of benzene rings is 3. The first kappa shape index (κ1) is 26.8. The first-order chi connectivity index (χ1) is 16.9. The van der Waals surface area contributed by atoms with Gasteiger partial charge in [0.15, 0.2) is 0 Å². The molecule has 9 heteroatoms. The Kier molecular flexibility index (Phi) is 7.59. The van der Waals surface area contributed by atoms with E-state index in [0.717, 1.165) is 26.7 Å². The van der Waals surface area contributed by atoms with Crippen LogP contribution in [0.3, 0.4) is 0 Å². The third kappa shape index (κ3) is 5.35. The van der Waals surface area contributed by atoms with Crippen LogP contribution in [0, 0.1) is 0 Å². The zero-order chi connectivity index (χ0) is 26.1. The molecule has 0 spiro atoms. The molecule has 1 N–H and O–H groups in total. The monoisotopic (exact) mass is 587 g/mol. The molecule has 0 saturated heterocycles. The molecule has 0 aromatic heterocycles. The van der Waals surface area contributed by atoms with Crippen molar-refractivity contribution >= 4 is 50.6 Å². The standard InChI is InChI=1S/C27H30BrNO5SSi/c1-27(2,3)36(20-11-7-5-8-12-20,21-13-9-6-10-14-21)33-18-25(34-35(4,31)32)19-15-22-23(24(28)16-19)17-29-26(22)30/h5-16,25H,17-18H2,1-4H3,(H,29,30). The molecule has 3 aromatic carbocycles. The van der Waals surface area contributed by atoms with E-state index >= 15 is 0 Å². The Morgan fingerprint density at radius 1 is 1.00 bits per heavy atom. The number of rotatable bonds is 8. The van der Waals surface area contributed by atoms with Gasteiger partial charge in [0, 0.05) is 16.6 Å². The minimum Gasteiger partial charge on any atom is -0.404 e. The van der Waals surface area contributed by atoms with Crippen LogP contribution in [-0.2, 0) is 25.3 Å². The normalized spacial score (nSPS) is 14.9. The molecule has 4 rings (SSSR count). The molecule has 6 nitrogen and oxygen atoms in total. The maximum atomic E-state index is 12.4. The average molecular weight is 589 g/mol. The zero-order valence-electron chi connectivity index (χ0n) is 20.7. The molecule has 1 aliphatic rings. The van der Waals surface area contributed by atoms with Crippen LogP contribution >= 0.6 is 15.9 Å². The molecular weight excluding hydrogens is 558 g/mol. The van der Waals surface area contributed by atoms with E-state index in [4.69, 9.17) is 8.61 Å². The summed E-state index contributed by atoms with van der Waals surface area (Å²) >= 11 is 3.54. The molecule has 0 fully saturated rings. The lowest BCUT2D eigenvalue weighted by Crippen LogP contribution is -2.66. The maximum Gasteiger partial charge on any atom is 0.265 e. The van der Waals surface area contributed by atoms with E-state index in [0.29, 0.717) is 17.7 Å². The molecule has 190 valence electrons. The third-order valence-electron chi connectivity index (χ3n) is 6.42. The van der Waals surface area contributed by atoms with E-state index in [2.05, 4.69) is 66.3 Å². The minimum absolute atomic E-state index is 0.00675. The summed E-state index contributed by atoms with van der Waals surface area (Å²) in [6.07, 6.45) is 0.0921. The van der Waals surface area contributed by atoms with Crippen LogP contribution in [0.1, 0.15) is 48.4 Å². The van der Waals surface area contributed by atoms with Crippen LogP contribution in [0.25, 0.3) is 0 Å². The second-order valence-corrected chi connectivity index (χ2v) is 16.7. The Bertz CT molecular complexity index is 1320. The van der Waals surface area contributed by atoms with Gasteiger partial charge in [-0.25, -0.2) is 0 Å². The Labute approximate surface area is 222 Å². The number of nitrogens with one attached hydrogen (secondary N) is 1. The second kappa shape index (κ2) is 10.2. The van der Waals surface area contributed by atoms with Crippen LogP contribution in [-0.4, -0.2) is 35.5 Å². The van der Waals surface area contributed by atoms with Crippen molar-refractivity contribution < 1.29 is 21.8 Å². The summed E-state index contributed by atoms with van der Waals surface area (Å²) in [4.78, 5) is 12.4. The van der Waals surface area contributed by atoms with Gasteiger partial charge in [-0.05, 0) is 38.7 Å². The van der Waals surface area contributed by atoms with Crippen LogP contribution in [0.2, 0.25) is 5.04 Å². The van der Waals surface area contributed by atoms with Gasteiger partial charge in [-0.15, -0.1) is 0 Å². The fourth-order valence-electron chi connectivity index (χ4n) is 4.84. The van der Waals surface area contributed by atoms with E-state index in [1.54, 1.807) is 6.07 Å². The maximum absolute atomic E-state index is 12.4. The van der Waals surface area contributed by atoms with Crippen molar-refractivity contribution in [2.75, 3.05) is 12.9 Å². The van der Waals surface area contributed by atoms with Crippen LogP contribution in [0.15, 0.2) is 77.3 Å². The summed E-state index contributed by atoms with van der Waals surface area (Å²) in [5.74, 6) is -0.196. The molecule has 3 aromatic rings. The van der Waals surface area contributed by atoms with Crippen molar-refractivity contribution in [2.45, 2.75) is 38.5 Å².